The van der Waals surface area contributed by atoms with E-state index in [1.54, 1.807) is 30.6 Å². The Morgan fingerprint density at radius 1 is 1.26 bits per heavy atom. The number of aliphatic carboxylic acids is 1. The minimum absolute atomic E-state index is 0.0388. The zero-order chi connectivity index (χ0) is 27.2. The first-order chi connectivity index (χ1) is 18.3. The molecule has 4 N–H and O–H groups in total. The van der Waals surface area contributed by atoms with E-state index in [1.807, 2.05) is 0 Å². The molecule has 2 aromatic carbocycles. The number of aromatic nitrogens is 1. The standard InChI is InChI=1S/C26H24BrFN4O5S/c1-2-37-26(36)21-20(13-30-19(25(34)35)11-14-3-6-16(33)7-4-14)31-23(24-29-9-10-38-24)32-22(21)17-8-5-15(28)12-18(17)27/h3-10,12,19,22,30,33H,2,11,13H2,1H3,(H,31,32)(H,34,35)/t19-,22?/m0/s1. The van der Waals surface area contributed by atoms with Crippen molar-refractivity contribution in [3.8, 4) is 5.75 Å². The number of carboxylic acids is 1. The van der Waals surface area contributed by atoms with E-state index in [0.29, 0.717) is 32.1 Å². The van der Waals surface area contributed by atoms with E-state index in [-0.39, 0.29) is 30.9 Å². The van der Waals surface area contributed by atoms with Gasteiger partial charge in [-0.05, 0) is 48.7 Å². The van der Waals surface area contributed by atoms with E-state index in [2.05, 4.69) is 31.5 Å². The van der Waals surface area contributed by atoms with Gasteiger partial charge in [-0.3, -0.25) is 15.1 Å². The lowest BCUT2D eigenvalue weighted by Gasteiger charge is -2.28. The summed E-state index contributed by atoms with van der Waals surface area (Å²) in [6.45, 7) is 1.75. The summed E-state index contributed by atoms with van der Waals surface area (Å²) in [6, 6.07) is 8.48. The Labute approximate surface area is 230 Å². The van der Waals surface area contributed by atoms with Gasteiger partial charge in [0, 0.05) is 28.3 Å². The fraction of sp³-hybridized carbons (Fsp3) is 0.231. The third-order valence-electron chi connectivity index (χ3n) is 5.71. The summed E-state index contributed by atoms with van der Waals surface area (Å²) in [6.07, 6.45) is 1.76. The molecule has 4 rings (SSSR count). The molecule has 2 atom stereocenters. The highest BCUT2D eigenvalue weighted by atomic mass is 79.9. The summed E-state index contributed by atoms with van der Waals surface area (Å²) in [4.78, 5) is 34.3. The van der Waals surface area contributed by atoms with Crippen LogP contribution in [0.1, 0.15) is 29.1 Å². The minimum atomic E-state index is -1.08. The van der Waals surface area contributed by atoms with Crippen molar-refractivity contribution in [2.45, 2.75) is 25.4 Å². The highest BCUT2D eigenvalue weighted by molar-refractivity contribution is 9.10. The number of rotatable bonds is 10. The monoisotopic (exact) mass is 602 g/mol. The van der Waals surface area contributed by atoms with Crippen molar-refractivity contribution < 1.29 is 28.9 Å². The van der Waals surface area contributed by atoms with Gasteiger partial charge in [-0.1, -0.05) is 34.1 Å². The second kappa shape index (κ2) is 12.3. The summed E-state index contributed by atoms with van der Waals surface area (Å²) in [7, 11) is 0. The first-order valence-corrected chi connectivity index (χ1v) is 13.3. The zero-order valence-electron chi connectivity index (χ0n) is 20.1. The molecule has 198 valence electrons. The number of aromatic hydroxyl groups is 1. The third kappa shape index (κ3) is 6.44. The van der Waals surface area contributed by atoms with Crippen molar-refractivity contribution in [1.82, 2.24) is 15.6 Å². The maximum atomic E-state index is 13.9. The van der Waals surface area contributed by atoms with Crippen LogP contribution in [0.4, 0.5) is 4.39 Å². The van der Waals surface area contributed by atoms with Gasteiger partial charge in [0.1, 0.15) is 23.7 Å². The van der Waals surface area contributed by atoms with E-state index < -0.39 is 29.8 Å². The number of hydrogen-bond acceptors (Lipinski definition) is 9. The molecule has 0 saturated heterocycles. The number of carbonyl (C=O) groups excluding carboxylic acids is 1. The molecular weight excluding hydrogens is 579 g/mol. The van der Waals surface area contributed by atoms with Crippen LogP contribution in [0.5, 0.6) is 5.75 Å². The van der Waals surface area contributed by atoms with Gasteiger partial charge in [-0.2, -0.15) is 0 Å². The smallest absolute Gasteiger partial charge is 0.338 e. The van der Waals surface area contributed by atoms with Crippen molar-refractivity contribution in [2.75, 3.05) is 13.2 Å². The third-order valence-corrected chi connectivity index (χ3v) is 7.18. The molecule has 12 heteroatoms. The predicted octanol–water partition coefficient (Wildman–Crippen LogP) is 3.94. The van der Waals surface area contributed by atoms with Gasteiger partial charge < -0.3 is 20.3 Å². The van der Waals surface area contributed by atoms with Crippen LogP contribution in [0.3, 0.4) is 0 Å². The summed E-state index contributed by atoms with van der Waals surface area (Å²) < 4.78 is 19.6. The van der Waals surface area contributed by atoms with Crippen LogP contribution >= 0.6 is 27.3 Å². The second-order valence-electron chi connectivity index (χ2n) is 8.26. The molecule has 0 amide bonds. The molecule has 1 unspecified atom stereocenters. The molecule has 0 spiro atoms. The second-order valence-corrected chi connectivity index (χ2v) is 10.0. The largest absolute Gasteiger partial charge is 0.508 e. The lowest BCUT2D eigenvalue weighted by molar-refractivity contribution is -0.139. The predicted molar refractivity (Wildman–Crippen MR) is 144 cm³/mol. The van der Waals surface area contributed by atoms with Gasteiger partial charge in [0.2, 0.25) is 0 Å². The Balaban J connectivity index is 1.73. The lowest BCUT2D eigenvalue weighted by Crippen LogP contribution is -2.44. The number of benzene rings is 2. The molecule has 0 fully saturated rings. The van der Waals surface area contributed by atoms with Gasteiger partial charge in [0.25, 0.3) is 0 Å². The van der Waals surface area contributed by atoms with Crippen LogP contribution in [0.2, 0.25) is 0 Å². The van der Waals surface area contributed by atoms with E-state index in [9.17, 15) is 24.2 Å². The number of hydrogen-bond donors (Lipinski definition) is 4. The number of nitrogens with zero attached hydrogens (tertiary/aromatic N) is 2. The number of esters is 1. The van der Waals surface area contributed by atoms with E-state index in [0.717, 1.165) is 0 Å². The molecule has 0 bridgehead atoms. The van der Waals surface area contributed by atoms with E-state index in [4.69, 9.17) is 9.73 Å². The maximum Gasteiger partial charge on any atom is 0.338 e. The number of ether oxygens (including phenoxy) is 1. The highest BCUT2D eigenvalue weighted by Crippen LogP contribution is 2.36. The Morgan fingerprint density at radius 2 is 2.03 bits per heavy atom. The Morgan fingerprint density at radius 3 is 2.66 bits per heavy atom. The van der Waals surface area contributed by atoms with Crippen molar-refractivity contribution in [2.24, 2.45) is 4.99 Å². The minimum Gasteiger partial charge on any atom is -0.508 e. The molecule has 1 aliphatic heterocycles. The van der Waals surface area contributed by atoms with Gasteiger partial charge in [-0.15, -0.1) is 11.3 Å². The fourth-order valence-electron chi connectivity index (χ4n) is 3.92. The van der Waals surface area contributed by atoms with Crippen molar-refractivity contribution >= 4 is 45.0 Å². The van der Waals surface area contributed by atoms with Gasteiger partial charge in [0.15, 0.2) is 10.8 Å². The molecule has 1 aliphatic rings. The average molecular weight is 603 g/mol. The topological polar surface area (TPSA) is 133 Å². The Kier molecular flexibility index (Phi) is 8.87. The number of phenols is 1. The molecule has 9 nitrogen and oxygen atoms in total. The first kappa shape index (κ1) is 27.4. The first-order valence-electron chi connectivity index (χ1n) is 11.6. The zero-order valence-corrected chi connectivity index (χ0v) is 22.6. The molecule has 1 aromatic heterocycles. The number of nitrogens with one attached hydrogen (secondary N) is 2. The highest BCUT2D eigenvalue weighted by Gasteiger charge is 2.34. The number of phenolic OH excluding ortho intramolecular Hbond substituents is 1. The summed E-state index contributed by atoms with van der Waals surface area (Å²) in [5.41, 5.74) is 1.76. The molecular formula is C26H24BrFN4O5S. The van der Waals surface area contributed by atoms with Crippen LogP contribution in [0.15, 0.2) is 74.8 Å². The van der Waals surface area contributed by atoms with Crippen LogP contribution in [-0.4, -0.2) is 52.2 Å². The Bertz CT molecular complexity index is 1380. The summed E-state index contributed by atoms with van der Waals surface area (Å²) in [5.74, 6) is -1.71. The molecule has 2 heterocycles. The Hall–Kier alpha value is -3.61. The van der Waals surface area contributed by atoms with Gasteiger partial charge in [0.05, 0.1) is 12.2 Å². The van der Waals surface area contributed by atoms with Crippen molar-refractivity contribution in [3.63, 3.8) is 0 Å². The molecule has 0 saturated carbocycles. The van der Waals surface area contributed by atoms with Crippen LogP contribution in [0, 0.1) is 5.82 Å². The van der Waals surface area contributed by atoms with Crippen LogP contribution < -0.4 is 10.6 Å². The van der Waals surface area contributed by atoms with E-state index >= 15 is 0 Å². The maximum absolute atomic E-state index is 13.9. The van der Waals surface area contributed by atoms with Gasteiger partial charge >= 0.3 is 11.9 Å². The number of amidine groups is 1. The van der Waals surface area contributed by atoms with Crippen molar-refractivity contribution in [3.05, 3.63) is 91.7 Å². The summed E-state index contributed by atoms with van der Waals surface area (Å²) >= 11 is 4.72. The number of halogens is 2. The normalized spacial score (nSPS) is 16.0. The van der Waals surface area contributed by atoms with Crippen LogP contribution in [0.25, 0.3) is 0 Å². The molecule has 0 aliphatic carbocycles. The molecule has 38 heavy (non-hydrogen) atoms. The quantitative estimate of drug-likeness (QED) is 0.256. The number of carbonyl (C=O) groups is 2. The SMILES string of the molecule is CCOC(=O)C1=C(CN[C@@H](Cc2ccc(O)cc2)C(=O)O)NC(c2nccs2)=NC1c1ccc(F)cc1Br. The average Bonchev–Trinajstić information content (AvgIpc) is 3.42. The number of aliphatic imine (C=N–C) groups is 1. The number of thiazole rings is 1. The van der Waals surface area contributed by atoms with Crippen LogP contribution in [-0.2, 0) is 20.7 Å². The lowest BCUT2D eigenvalue weighted by atomic mass is 9.95. The molecule has 0 radical (unpaired) electrons. The molecule has 3 aromatic rings. The van der Waals surface area contributed by atoms with Crippen molar-refractivity contribution in [1.29, 1.82) is 0 Å². The summed E-state index contributed by atoms with van der Waals surface area (Å²) in [5, 5.41) is 27.9. The number of carboxylic acid groups (broad SMARTS) is 1. The van der Waals surface area contributed by atoms with E-state index in [1.165, 1.54) is 41.7 Å². The fourth-order valence-corrected chi connectivity index (χ4v) is 5.08. The van der Waals surface area contributed by atoms with Gasteiger partial charge in [-0.25, -0.2) is 14.2 Å².